The molecule has 1 aliphatic heterocycles. The second-order valence-corrected chi connectivity index (χ2v) is 3.45. The van der Waals surface area contributed by atoms with Gasteiger partial charge in [0, 0.05) is 32.7 Å². The summed E-state index contributed by atoms with van der Waals surface area (Å²) in [5.41, 5.74) is 0. The van der Waals surface area contributed by atoms with Gasteiger partial charge in [-0.2, -0.15) is 0 Å². The number of esters is 1. The first kappa shape index (κ1) is 16.4. The number of hydrogen-bond acceptors (Lipinski definition) is 5. The molecule has 0 aliphatic carbocycles. The molecule has 102 valence electrons. The Morgan fingerprint density at radius 2 is 1.94 bits per heavy atom. The molecule has 17 heavy (non-hydrogen) atoms. The summed E-state index contributed by atoms with van der Waals surface area (Å²) in [7, 11) is 0. The minimum Gasteiger partial charge on any atom is -0.464 e. The maximum Gasteiger partial charge on any atom is 0.332 e. The fraction of sp³-hybridized carbons (Fsp3) is 0.917. The van der Waals surface area contributed by atoms with E-state index in [0.29, 0.717) is 13.2 Å². The van der Waals surface area contributed by atoms with Crippen molar-refractivity contribution in [3.63, 3.8) is 0 Å². The van der Waals surface area contributed by atoms with Crippen molar-refractivity contribution in [2.75, 3.05) is 52.5 Å². The molecule has 1 aliphatic rings. The molecule has 0 atom stereocenters. The van der Waals surface area contributed by atoms with E-state index >= 15 is 0 Å². The van der Waals surface area contributed by atoms with E-state index in [0.717, 1.165) is 32.7 Å². The number of rotatable bonds is 6. The Hall–Kier alpha value is -0.650. The predicted molar refractivity (Wildman–Crippen MR) is 68.1 cm³/mol. The molecule has 0 aromatic carbocycles. The molecule has 0 aromatic heterocycles. The first-order valence-electron chi connectivity index (χ1n) is 6.49. The summed E-state index contributed by atoms with van der Waals surface area (Å²) in [6.07, 6.45) is 0. The molecule has 0 saturated carbocycles. The van der Waals surface area contributed by atoms with Gasteiger partial charge >= 0.3 is 5.97 Å². The predicted octanol–water partition coefficient (Wildman–Crippen LogP) is 0.498. The number of hydrogen-bond donors (Lipinski definition) is 1. The van der Waals surface area contributed by atoms with Gasteiger partial charge in [0.25, 0.3) is 0 Å². The fourth-order valence-electron chi connectivity index (χ4n) is 1.49. The number of piperazine rings is 1. The number of carbonyl (C=O) groups excluding carboxylic acids is 1. The van der Waals surface area contributed by atoms with Crippen LogP contribution in [0.5, 0.6) is 0 Å². The second kappa shape index (κ2) is 11.8. The summed E-state index contributed by atoms with van der Waals surface area (Å²) in [5, 5.41) is 3.28. The second-order valence-electron chi connectivity index (χ2n) is 3.45. The number of carbonyl (C=O) groups is 1. The molecule has 1 fully saturated rings. The van der Waals surface area contributed by atoms with E-state index in [2.05, 4.69) is 10.2 Å². The normalized spacial score (nSPS) is 15.9. The molecule has 1 heterocycles. The first-order chi connectivity index (χ1) is 8.33. The summed E-state index contributed by atoms with van der Waals surface area (Å²) < 4.78 is 9.96. The van der Waals surface area contributed by atoms with E-state index in [4.69, 9.17) is 9.47 Å². The van der Waals surface area contributed by atoms with Crippen LogP contribution in [-0.2, 0) is 14.3 Å². The summed E-state index contributed by atoms with van der Waals surface area (Å²) >= 11 is 0. The average molecular weight is 246 g/mol. The van der Waals surface area contributed by atoms with Crippen LogP contribution in [0.4, 0.5) is 0 Å². The quantitative estimate of drug-likeness (QED) is 0.546. The Bertz CT molecular complexity index is 183. The molecule has 0 aromatic rings. The number of ether oxygens (including phenoxy) is 2. The summed E-state index contributed by atoms with van der Waals surface area (Å²) in [6.45, 7) is 12.0. The molecule has 0 bridgehead atoms. The van der Waals surface area contributed by atoms with E-state index in [-0.39, 0.29) is 12.6 Å². The first-order valence-corrected chi connectivity index (χ1v) is 6.49. The largest absolute Gasteiger partial charge is 0.464 e. The zero-order chi connectivity index (χ0) is 12.9. The highest BCUT2D eigenvalue weighted by atomic mass is 16.6. The van der Waals surface area contributed by atoms with Gasteiger partial charge in [-0.25, -0.2) is 4.79 Å². The third-order valence-electron chi connectivity index (χ3n) is 2.29. The van der Waals surface area contributed by atoms with Gasteiger partial charge in [0.15, 0.2) is 0 Å². The average Bonchev–Trinajstić information content (AvgIpc) is 2.39. The minimum atomic E-state index is -0.280. The maximum atomic E-state index is 10.9. The van der Waals surface area contributed by atoms with Crippen LogP contribution in [0.15, 0.2) is 0 Å². The highest BCUT2D eigenvalue weighted by Crippen LogP contribution is 1.91. The van der Waals surface area contributed by atoms with Crippen LogP contribution in [0.2, 0.25) is 0 Å². The molecule has 0 spiro atoms. The van der Waals surface area contributed by atoms with Crippen LogP contribution in [0.3, 0.4) is 0 Å². The smallest absolute Gasteiger partial charge is 0.332 e. The lowest BCUT2D eigenvalue weighted by Crippen LogP contribution is -2.44. The van der Waals surface area contributed by atoms with Crippen LogP contribution >= 0.6 is 0 Å². The van der Waals surface area contributed by atoms with Crippen molar-refractivity contribution in [1.29, 1.82) is 0 Å². The van der Waals surface area contributed by atoms with Gasteiger partial charge in [-0.1, -0.05) is 13.8 Å². The zero-order valence-electron chi connectivity index (χ0n) is 11.3. The van der Waals surface area contributed by atoms with Crippen LogP contribution in [0.1, 0.15) is 20.8 Å². The molecule has 1 saturated heterocycles. The van der Waals surface area contributed by atoms with E-state index in [9.17, 15) is 4.79 Å². The highest BCUT2D eigenvalue weighted by molar-refractivity contribution is 5.70. The van der Waals surface area contributed by atoms with Crippen LogP contribution in [0, 0.1) is 0 Å². The molecule has 1 rings (SSSR count). The van der Waals surface area contributed by atoms with Crippen molar-refractivity contribution in [1.82, 2.24) is 10.2 Å². The standard InChI is InChI=1S/C10H20N2O3.C2H6/c1-2-15-10(13)9-14-8-7-12-5-3-11-4-6-12;1-2/h11H,2-9H2,1H3;1-2H3. The third-order valence-corrected chi connectivity index (χ3v) is 2.29. The van der Waals surface area contributed by atoms with Gasteiger partial charge < -0.3 is 14.8 Å². The van der Waals surface area contributed by atoms with Crippen molar-refractivity contribution in [2.24, 2.45) is 0 Å². The Kier molecular flexibility index (Phi) is 11.4. The number of nitrogens with zero attached hydrogens (tertiary/aromatic N) is 1. The highest BCUT2D eigenvalue weighted by Gasteiger charge is 2.09. The van der Waals surface area contributed by atoms with Gasteiger partial charge in [-0.3, -0.25) is 4.90 Å². The topological polar surface area (TPSA) is 50.8 Å². The lowest BCUT2D eigenvalue weighted by molar-refractivity contribution is -0.148. The molecule has 0 unspecified atom stereocenters. The van der Waals surface area contributed by atoms with Gasteiger partial charge in [-0.15, -0.1) is 0 Å². The molecule has 5 nitrogen and oxygen atoms in total. The third kappa shape index (κ3) is 9.09. The van der Waals surface area contributed by atoms with Crippen molar-refractivity contribution in [2.45, 2.75) is 20.8 Å². The van der Waals surface area contributed by atoms with E-state index < -0.39 is 0 Å². The van der Waals surface area contributed by atoms with Gasteiger partial charge in [-0.05, 0) is 6.92 Å². The summed E-state index contributed by atoms with van der Waals surface area (Å²) in [5.74, 6) is -0.280. The lowest BCUT2D eigenvalue weighted by atomic mass is 10.4. The van der Waals surface area contributed by atoms with Crippen molar-refractivity contribution < 1.29 is 14.3 Å². The summed E-state index contributed by atoms with van der Waals surface area (Å²) in [4.78, 5) is 13.2. The van der Waals surface area contributed by atoms with Crippen molar-refractivity contribution in [3.8, 4) is 0 Å². The number of nitrogens with one attached hydrogen (secondary N) is 1. The zero-order valence-corrected chi connectivity index (χ0v) is 11.3. The lowest BCUT2D eigenvalue weighted by Gasteiger charge is -2.26. The van der Waals surface area contributed by atoms with Crippen molar-refractivity contribution in [3.05, 3.63) is 0 Å². The van der Waals surface area contributed by atoms with Crippen LogP contribution in [0.25, 0.3) is 0 Å². The van der Waals surface area contributed by atoms with E-state index in [1.54, 1.807) is 6.92 Å². The molecular formula is C12H26N2O3. The Morgan fingerprint density at radius 1 is 1.29 bits per heavy atom. The van der Waals surface area contributed by atoms with E-state index in [1.807, 2.05) is 13.8 Å². The monoisotopic (exact) mass is 246 g/mol. The SMILES string of the molecule is CC.CCOC(=O)COCCN1CCNCC1. The molecule has 0 amide bonds. The Labute approximate surface area is 104 Å². The fourth-order valence-corrected chi connectivity index (χ4v) is 1.49. The Morgan fingerprint density at radius 3 is 2.53 bits per heavy atom. The minimum absolute atomic E-state index is 0.0694. The van der Waals surface area contributed by atoms with Gasteiger partial charge in [0.1, 0.15) is 6.61 Å². The molecule has 0 radical (unpaired) electrons. The van der Waals surface area contributed by atoms with Crippen molar-refractivity contribution >= 4 is 5.97 Å². The summed E-state index contributed by atoms with van der Waals surface area (Å²) in [6, 6.07) is 0. The molecule has 5 heteroatoms. The van der Waals surface area contributed by atoms with Crippen LogP contribution < -0.4 is 5.32 Å². The molecular weight excluding hydrogens is 220 g/mol. The van der Waals surface area contributed by atoms with Gasteiger partial charge in [0.2, 0.25) is 0 Å². The maximum absolute atomic E-state index is 10.9. The van der Waals surface area contributed by atoms with E-state index in [1.165, 1.54) is 0 Å². The van der Waals surface area contributed by atoms with Crippen LogP contribution in [-0.4, -0.2) is 63.4 Å². The van der Waals surface area contributed by atoms with Gasteiger partial charge in [0.05, 0.1) is 13.2 Å². The Balaban J connectivity index is 0.00000121. The molecule has 1 N–H and O–H groups in total.